The van der Waals surface area contributed by atoms with Crippen LogP contribution in [0.3, 0.4) is 0 Å². The first-order chi connectivity index (χ1) is 6.95. The van der Waals surface area contributed by atoms with Gasteiger partial charge in [0.25, 0.3) is 0 Å². The Morgan fingerprint density at radius 1 is 0.857 bits per heavy atom. The Labute approximate surface area is 81.6 Å². The van der Waals surface area contributed by atoms with Gasteiger partial charge in [-0.25, -0.2) is 4.98 Å². The van der Waals surface area contributed by atoms with Crippen LogP contribution in [0.5, 0.6) is 0 Å². The van der Waals surface area contributed by atoms with Crippen molar-refractivity contribution >= 4 is 10.9 Å². The molecule has 0 bridgehead atoms. The third-order valence-electron chi connectivity index (χ3n) is 2.36. The van der Waals surface area contributed by atoms with Gasteiger partial charge in [-0.15, -0.1) is 0 Å². The number of aromatic nitrogens is 2. The molecule has 66 valence electrons. The van der Waals surface area contributed by atoms with Crippen molar-refractivity contribution in [2.24, 2.45) is 0 Å². The van der Waals surface area contributed by atoms with E-state index in [0.717, 1.165) is 16.8 Å². The Bertz CT molecular complexity index is 560. The molecule has 0 aromatic heterocycles. The number of hydrogen-bond donors (Lipinski definition) is 0. The number of hydrogen-bond acceptors (Lipinski definition) is 2. The maximum Gasteiger partial charge on any atom is 0.0732 e. The van der Waals surface area contributed by atoms with E-state index in [4.69, 9.17) is 0 Å². The first-order valence-corrected chi connectivity index (χ1v) is 4.53. The van der Waals surface area contributed by atoms with E-state index in [0.29, 0.717) is 0 Å². The summed E-state index contributed by atoms with van der Waals surface area (Å²) >= 11 is 0. The Balaban J connectivity index is 2.52. The van der Waals surface area contributed by atoms with Gasteiger partial charge in [0.05, 0.1) is 11.2 Å². The van der Waals surface area contributed by atoms with Crippen molar-refractivity contribution in [2.45, 2.75) is 0 Å². The number of rotatable bonds is 0. The van der Waals surface area contributed by atoms with Crippen molar-refractivity contribution in [3.05, 3.63) is 48.8 Å². The van der Waals surface area contributed by atoms with E-state index in [1.165, 1.54) is 5.39 Å². The number of nitrogens with zero attached hydrogens (tertiary/aromatic N) is 2. The summed E-state index contributed by atoms with van der Waals surface area (Å²) in [6, 6.07) is 12.1. The largest absolute Gasteiger partial charge is 0.265 e. The SMILES string of the molecule is c1ccc2c3ccnccc-3nc2c1. The first-order valence-electron chi connectivity index (χ1n) is 4.53. The van der Waals surface area contributed by atoms with Gasteiger partial charge < -0.3 is 0 Å². The monoisotopic (exact) mass is 180 g/mol. The van der Waals surface area contributed by atoms with Crippen LogP contribution in [0.4, 0.5) is 0 Å². The molecule has 0 radical (unpaired) electrons. The molecule has 2 heteroatoms. The van der Waals surface area contributed by atoms with E-state index in [-0.39, 0.29) is 0 Å². The first kappa shape index (κ1) is 7.44. The van der Waals surface area contributed by atoms with Crippen LogP contribution in [0, 0.1) is 0 Å². The molecule has 0 unspecified atom stereocenters. The number of benzene rings is 1. The van der Waals surface area contributed by atoms with Crippen LogP contribution in [-0.4, -0.2) is 9.97 Å². The molecule has 0 N–H and O–H groups in total. The molecular weight excluding hydrogens is 172 g/mol. The summed E-state index contributed by atoms with van der Waals surface area (Å²) in [5.74, 6) is 0. The van der Waals surface area contributed by atoms with E-state index in [1.54, 1.807) is 12.4 Å². The Morgan fingerprint density at radius 3 is 2.71 bits per heavy atom. The minimum absolute atomic E-state index is 1.00. The van der Waals surface area contributed by atoms with E-state index in [1.807, 2.05) is 30.3 Å². The molecule has 1 aromatic carbocycles. The average molecular weight is 180 g/mol. The quantitative estimate of drug-likeness (QED) is 0.531. The van der Waals surface area contributed by atoms with Crippen molar-refractivity contribution in [3.63, 3.8) is 0 Å². The fraction of sp³-hybridized carbons (Fsp3) is 0. The second-order valence-corrected chi connectivity index (χ2v) is 3.21. The molecule has 14 heavy (non-hydrogen) atoms. The molecule has 1 aromatic rings. The smallest absolute Gasteiger partial charge is 0.0732 e. The van der Waals surface area contributed by atoms with Crippen molar-refractivity contribution in [1.29, 1.82) is 0 Å². The fourth-order valence-electron chi connectivity index (χ4n) is 1.71. The lowest BCUT2D eigenvalue weighted by Gasteiger charge is -1.88. The third kappa shape index (κ3) is 0.973. The zero-order valence-corrected chi connectivity index (χ0v) is 7.51. The minimum Gasteiger partial charge on any atom is -0.265 e. The van der Waals surface area contributed by atoms with Gasteiger partial charge >= 0.3 is 0 Å². The van der Waals surface area contributed by atoms with Crippen LogP contribution in [0.1, 0.15) is 0 Å². The number of para-hydroxylation sites is 1. The van der Waals surface area contributed by atoms with Gasteiger partial charge in [0.2, 0.25) is 0 Å². The van der Waals surface area contributed by atoms with Crippen LogP contribution in [-0.2, 0) is 0 Å². The highest BCUT2D eigenvalue weighted by Gasteiger charge is 2.08. The van der Waals surface area contributed by atoms with Gasteiger partial charge in [-0.05, 0) is 18.2 Å². The maximum atomic E-state index is 4.52. The molecule has 0 amide bonds. The topological polar surface area (TPSA) is 25.8 Å². The van der Waals surface area contributed by atoms with E-state index in [9.17, 15) is 0 Å². The number of fused-ring (bicyclic) bond motifs is 3. The second-order valence-electron chi connectivity index (χ2n) is 3.21. The van der Waals surface area contributed by atoms with E-state index < -0.39 is 0 Å². The zero-order chi connectivity index (χ0) is 9.38. The molecule has 0 saturated carbocycles. The Kier molecular flexibility index (Phi) is 1.47. The highest BCUT2D eigenvalue weighted by molar-refractivity contribution is 5.96. The molecule has 0 spiro atoms. The normalized spacial score (nSPS) is 10.9. The molecular formula is C12H8N2. The summed E-state index contributed by atoms with van der Waals surface area (Å²) in [6.07, 6.45) is 3.57. The van der Waals surface area contributed by atoms with Gasteiger partial charge in [-0.3, -0.25) is 4.98 Å². The highest BCUT2D eigenvalue weighted by atomic mass is 14.7. The standard InChI is InChI=1S/C12H8N2/c1-2-4-11-9(3-1)10-5-7-13-8-6-12(10)14-11/h1-8H. The summed E-state index contributed by atoms with van der Waals surface area (Å²) in [5.41, 5.74) is 3.22. The van der Waals surface area contributed by atoms with Crippen LogP contribution in [0.15, 0.2) is 48.8 Å². The van der Waals surface area contributed by atoms with Crippen molar-refractivity contribution < 1.29 is 0 Å². The van der Waals surface area contributed by atoms with Crippen LogP contribution in [0.25, 0.3) is 22.2 Å². The molecule has 3 rings (SSSR count). The molecule has 0 saturated heterocycles. The minimum atomic E-state index is 1.00. The van der Waals surface area contributed by atoms with Gasteiger partial charge in [-0.2, -0.15) is 0 Å². The fourth-order valence-corrected chi connectivity index (χ4v) is 1.71. The molecule has 2 heterocycles. The predicted octanol–water partition coefficient (Wildman–Crippen LogP) is 2.73. The second kappa shape index (κ2) is 2.77. The molecule has 2 nitrogen and oxygen atoms in total. The van der Waals surface area contributed by atoms with Crippen LogP contribution in [0.2, 0.25) is 0 Å². The van der Waals surface area contributed by atoms with Crippen LogP contribution < -0.4 is 0 Å². The molecule has 2 aliphatic rings. The third-order valence-corrected chi connectivity index (χ3v) is 2.36. The summed E-state index contributed by atoms with van der Waals surface area (Å²) in [4.78, 5) is 8.58. The lowest BCUT2D eigenvalue weighted by atomic mass is 10.1. The van der Waals surface area contributed by atoms with E-state index >= 15 is 0 Å². The summed E-state index contributed by atoms with van der Waals surface area (Å²) in [7, 11) is 0. The molecule has 0 fully saturated rings. The summed E-state index contributed by atoms with van der Waals surface area (Å²) in [5, 5.41) is 1.19. The summed E-state index contributed by atoms with van der Waals surface area (Å²) < 4.78 is 0. The lowest BCUT2D eigenvalue weighted by molar-refractivity contribution is 1.36. The van der Waals surface area contributed by atoms with Gasteiger partial charge in [0.15, 0.2) is 0 Å². The Hall–Kier alpha value is -1.96. The average Bonchev–Trinajstić information content (AvgIpc) is 2.42. The summed E-state index contributed by atoms with van der Waals surface area (Å²) in [6.45, 7) is 0. The molecule has 0 aliphatic carbocycles. The van der Waals surface area contributed by atoms with Crippen molar-refractivity contribution in [2.75, 3.05) is 0 Å². The van der Waals surface area contributed by atoms with Crippen LogP contribution >= 0.6 is 0 Å². The molecule has 2 aliphatic heterocycles. The van der Waals surface area contributed by atoms with Crippen molar-refractivity contribution in [3.8, 4) is 11.3 Å². The molecule has 0 atom stereocenters. The zero-order valence-electron chi connectivity index (χ0n) is 7.51. The lowest BCUT2D eigenvalue weighted by Crippen LogP contribution is -1.66. The van der Waals surface area contributed by atoms with Crippen molar-refractivity contribution in [1.82, 2.24) is 9.97 Å². The van der Waals surface area contributed by atoms with Gasteiger partial charge in [-0.1, -0.05) is 18.2 Å². The predicted molar refractivity (Wildman–Crippen MR) is 56.2 cm³/mol. The maximum absolute atomic E-state index is 4.52. The van der Waals surface area contributed by atoms with E-state index in [2.05, 4.69) is 16.0 Å². The Morgan fingerprint density at radius 2 is 1.71 bits per heavy atom. The highest BCUT2D eigenvalue weighted by Crippen LogP contribution is 2.28. The van der Waals surface area contributed by atoms with Gasteiger partial charge in [0, 0.05) is 23.3 Å². The van der Waals surface area contributed by atoms with Gasteiger partial charge in [0.1, 0.15) is 0 Å².